The van der Waals surface area contributed by atoms with Crippen LogP contribution in [-0.2, 0) is 16.4 Å². The normalized spacial score (nSPS) is 15.0. The molecule has 1 fully saturated rings. The molecule has 1 aromatic heterocycles. The van der Waals surface area contributed by atoms with Crippen LogP contribution in [0.1, 0.15) is 11.3 Å². The Hall–Kier alpha value is -2.76. The molecular weight excluding hydrogens is 472 g/mol. The van der Waals surface area contributed by atoms with Crippen LogP contribution in [0.3, 0.4) is 0 Å². The SMILES string of the molecule is COc1cc(Cc2csc(N3CCN(S(=O)(=O)c4ccc(F)cc4F)CC3)n2)cc(OC)c1. The van der Waals surface area contributed by atoms with E-state index in [2.05, 4.69) is 0 Å². The summed E-state index contributed by atoms with van der Waals surface area (Å²) < 4.78 is 64.6. The van der Waals surface area contributed by atoms with Crippen molar-refractivity contribution in [3.63, 3.8) is 0 Å². The van der Waals surface area contributed by atoms with E-state index in [0.717, 1.165) is 28.5 Å². The predicted molar refractivity (Wildman–Crippen MR) is 122 cm³/mol. The van der Waals surface area contributed by atoms with Gasteiger partial charge in [0.15, 0.2) is 5.13 Å². The Balaban J connectivity index is 1.42. The third kappa shape index (κ3) is 5.10. The van der Waals surface area contributed by atoms with Gasteiger partial charge < -0.3 is 14.4 Å². The predicted octanol–water partition coefficient (Wildman–Crippen LogP) is 3.54. The summed E-state index contributed by atoms with van der Waals surface area (Å²) in [6.07, 6.45) is 0.599. The highest BCUT2D eigenvalue weighted by molar-refractivity contribution is 7.89. The number of hydrogen-bond acceptors (Lipinski definition) is 7. The van der Waals surface area contributed by atoms with Gasteiger partial charge in [-0.05, 0) is 29.8 Å². The number of thiazole rings is 1. The van der Waals surface area contributed by atoms with Gasteiger partial charge in [-0.2, -0.15) is 4.31 Å². The average molecular weight is 496 g/mol. The van der Waals surface area contributed by atoms with Crippen molar-refractivity contribution in [3.05, 3.63) is 64.7 Å². The zero-order valence-corrected chi connectivity index (χ0v) is 19.8. The Kier molecular flexibility index (Phi) is 6.82. The maximum absolute atomic E-state index is 14.0. The summed E-state index contributed by atoms with van der Waals surface area (Å²) in [5, 5.41) is 2.77. The minimum Gasteiger partial charge on any atom is -0.497 e. The number of ether oxygens (including phenoxy) is 2. The quantitative estimate of drug-likeness (QED) is 0.499. The van der Waals surface area contributed by atoms with Crippen molar-refractivity contribution in [2.45, 2.75) is 11.3 Å². The van der Waals surface area contributed by atoms with E-state index in [9.17, 15) is 17.2 Å². The molecule has 0 unspecified atom stereocenters. The molecule has 0 aliphatic carbocycles. The Labute approximate surface area is 195 Å². The molecule has 1 saturated heterocycles. The molecular formula is C22H23F2N3O4S2. The lowest BCUT2D eigenvalue weighted by Crippen LogP contribution is -2.48. The van der Waals surface area contributed by atoms with E-state index >= 15 is 0 Å². The van der Waals surface area contributed by atoms with Crippen molar-refractivity contribution in [1.29, 1.82) is 0 Å². The molecule has 7 nitrogen and oxygen atoms in total. The van der Waals surface area contributed by atoms with Gasteiger partial charge in [0.1, 0.15) is 28.0 Å². The molecule has 11 heteroatoms. The number of piperazine rings is 1. The van der Waals surface area contributed by atoms with Crippen LogP contribution in [0.5, 0.6) is 11.5 Å². The van der Waals surface area contributed by atoms with Crippen molar-refractivity contribution >= 4 is 26.5 Å². The maximum atomic E-state index is 14.0. The molecule has 0 spiro atoms. The molecule has 2 aromatic carbocycles. The molecule has 0 radical (unpaired) electrons. The molecule has 33 heavy (non-hydrogen) atoms. The Morgan fingerprint density at radius 1 is 1.00 bits per heavy atom. The molecule has 4 rings (SSSR count). The molecule has 1 aliphatic heterocycles. The van der Waals surface area contributed by atoms with Crippen molar-refractivity contribution in [3.8, 4) is 11.5 Å². The van der Waals surface area contributed by atoms with E-state index in [0.29, 0.717) is 37.1 Å². The fraction of sp³-hybridized carbons (Fsp3) is 0.318. The number of anilines is 1. The van der Waals surface area contributed by atoms with Crippen molar-refractivity contribution in [1.82, 2.24) is 9.29 Å². The molecule has 1 aliphatic rings. The first kappa shape index (κ1) is 23.4. The van der Waals surface area contributed by atoms with Gasteiger partial charge in [0.05, 0.1) is 19.9 Å². The number of aromatic nitrogens is 1. The molecule has 0 amide bonds. The van der Waals surface area contributed by atoms with Crippen molar-refractivity contribution in [2.75, 3.05) is 45.3 Å². The van der Waals surface area contributed by atoms with Gasteiger partial charge in [-0.15, -0.1) is 11.3 Å². The van der Waals surface area contributed by atoms with Crippen LogP contribution >= 0.6 is 11.3 Å². The molecule has 0 N–H and O–H groups in total. The van der Waals surface area contributed by atoms with E-state index in [-0.39, 0.29) is 13.1 Å². The second-order valence-corrected chi connectivity index (χ2v) is 10.2. The number of methoxy groups -OCH3 is 2. The number of benzene rings is 2. The second-order valence-electron chi connectivity index (χ2n) is 7.48. The topological polar surface area (TPSA) is 72.0 Å². The van der Waals surface area contributed by atoms with E-state index in [1.807, 2.05) is 22.4 Å². The Morgan fingerprint density at radius 3 is 2.27 bits per heavy atom. The average Bonchev–Trinajstić information content (AvgIpc) is 3.27. The van der Waals surface area contributed by atoms with Crippen LogP contribution in [0.15, 0.2) is 46.7 Å². The Morgan fingerprint density at radius 2 is 1.67 bits per heavy atom. The number of hydrogen-bond donors (Lipinski definition) is 0. The fourth-order valence-corrected chi connectivity index (χ4v) is 5.99. The minimum absolute atomic E-state index is 0.182. The van der Waals surface area contributed by atoms with Gasteiger partial charge >= 0.3 is 0 Å². The summed E-state index contributed by atoms with van der Waals surface area (Å²) in [6.45, 7) is 1.20. The summed E-state index contributed by atoms with van der Waals surface area (Å²) in [6, 6.07) is 8.16. The first-order valence-corrected chi connectivity index (χ1v) is 12.5. The summed E-state index contributed by atoms with van der Waals surface area (Å²) in [7, 11) is -0.838. The highest BCUT2D eigenvalue weighted by Crippen LogP contribution is 2.28. The minimum atomic E-state index is -4.04. The molecule has 2 heterocycles. The summed E-state index contributed by atoms with van der Waals surface area (Å²) in [5.41, 5.74) is 1.88. The first-order chi connectivity index (χ1) is 15.8. The third-order valence-corrected chi connectivity index (χ3v) is 8.24. The van der Waals surface area contributed by atoms with Crippen LogP contribution in [0, 0.1) is 11.6 Å². The van der Waals surface area contributed by atoms with Crippen LogP contribution in [0.25, 0.3) is 0 Å². The lowest BCUT2D eigenvalue weighted by atomic mass is 10.1. The van der Waals surface area contributed by atoms with E-state index in [1.54, 1.807) is 20.3 Å². The van der Waals surface area contributed by atoms with Crippen LogP contribution in [0.4, 0.5) is 13.9 Å². The maximum Gasteiger partial charge on any atom is 0.246 e. The van der Waals surface area contributed by atoms with Gasteiger partial charge in [0.2, 0.25) is 10.0 Å². The van der Waals surface area contributed by atoms with Gasteiger partial charge in [-0.25, -0.2) is 22.2 Å². The van der Waals surface area contributed by atoms with Gasteiger partial charge in [-0.1, -0.05) is 0 Å². The smallest absolute Gasteiger partial charge is 0.246 e. The second kappa shape index (κ2) is 9.62. The zero-order chi connectivity index (χ0) is 23.6. The molecule has 3 aromatic rings. The van der Waals surface area contributed by atoms with Crippen LogP contribution in [0.2, 0.25) is 0 Å². The zero-order valence-electron chi connectivity index (χ0n) is 18.1. The molecule has 0 saturated carbocycles. The lowest BCUT2D eigenvalue weighted by molar-refractivity contribution is 0.382. The summed E-state index contributed by atoms with van der Waals surface area (Å²) >= 11 is 1.49. The van der Waals surface area contributed by atoms with E-state index in [1.165, 1.54) is 15.6 Å². The lowest BCUT2D eigenvalue weighted by Gasteiger charge is -2.33. The monoisotopic (exact) mass is 495 g/mol. The highest BCUT2D eigenvalue weighted by Gasteiger charge is 2.31. The largest absolute Gasteiger partial charge is 0.497 e. The van der Waals surface area contributed by atoms with Crippen LogP contribution in [-0.4, -0.2) is 58.1 Å². The van der Waals surface area contributed by atoms with Gasteiger partial charge in [0, 0.05) is 50.1 Å². The van der Waals surface area contributed by atoms with Gasteiger partial charge in [-0.3, -0.25) is 0 Å². The number of rotatable bonds is 7. The standard InChI is InChI=1S/C22H23F2N3O4S2/c1-30-18-10-15(11-19(13-18)31-2)9-17-14-32-22(25-17)26-5-7-27(8-6-26)33(28,29)21-4-3-16(23)12-20(21)24/h3-4,10-14H,5-9H2,1-2H3. The number of sulfonamides is 1. The summed E-state index contributed by atoms with van der Waals surface area (Å²) in [5.74, 6) is -0.496. The number of halogens is 2. The van der Waals surface area contributed by atoms with Gasteiger partial charge in [0.25, 0.3) is 0 Å². The molecule has 0 atom stereocenters. The fourth-order valence-electron chi connectivity index (χ4n) is 3.64. The molecule has 0 bridgehead atoms. The molecule has 176 valence electrons. The Bertz CT molecular complexity index is 1220. The summed E-state index contributed by atoms with van der Waals surface area (Å²) in [4.78, 5) is 6.20. The first-order valence-electron chi connectivity index (χ1n) is 10.2. The van der Waals surface area contributed by atoms with E-state index in [4.69, 9.17) is 14.5 Å². The highest BCUT2D eigenvalue weighted by atomic mass is 32.2. The van der Waals surface area contributed by atoms with Crippen molar-refractivity contribution < 1.29 is 26.7 Å². The number of nitrogens with zero attached hydrogens (tertiary/aromatic N) is 3. The third-order valence-electron chi connectivity index (χ3n) is 5.36. The van der Waals surface area contributed by atoms with Crippen LogP contribution < -0.4 is 14.4 Å². The van der Waals surface area contributed by atoms with E-state index < -0.39 is 26.6 Å². The van der Waals surface area contributed by atoms with Crippen molar-refractivity contribution in [2.24, 2.45) is 0 Å².